The van der Waals surface area contributed by atoms with Gasteiger partial charge in [0.2, 0.25) is 0 Å². The van der Waals surface area contributed by atoms with Gasteiger partial charge in [0, 0.05) is 25.2 Å². The molecule has 1 aliphatic carbocycles. The average molecular weight is 376 g/mol. The minimum absolute atomic E-state index is 0.0206. The molecule has 1 aliphatic heterocycles. The summed E-state index contributed by atoms with van der Waals surface area (Å²) in [5.74, 6) is -0.450. The number of hydrogen-bond acceptors (Lipinski definition) is 5. The van der Waals surface area contributed by atoms with Crippen LogP contribution >= 0.6 is 0 Å². The summed E-state index contributed by atoms with van der Waals surface area (Å²) in [6.07, 6.45) is 2.29. The molecule has 144 valence electrons. The van der Waals surface area contributed by atoms with Crippen LogP contribution in [0.3, 0.4) is 0 Å². The number of benzene rings is 1. The van der Waals surface area contributed by atoms with Gasteiger partial charge in [0.15, 0.2) is 11.6 Å². The second kappa shape index (κ2) is 6.28. The Labute approximate surface area is 155 Å². The first-order valence-corrected chi connectivity index (χ1v) is 9.06. The second-order valence-corrected chi connectivity index (χ2v) is 8.25. The van der Waals surface area contributed by atoms with Gasteiger partial charge in [-0.3, -0.25) is 4.98 Å². The van der Waals surface area contributed by atoms with E-state index in [-0.39, 0.29) is 23.2 Å². The Balaban J connectivity index is 1.46. The van der Waals surface area contributed by atoms with Crippen molar-refractivity contribution >= 4 is 22.9 Å². The Kier molecular flexibility index (Phi) is 4.16. The molecular weight excluding hydrogens is 354 g/mol. The lowest BCUT2D eigenvalue weighted by Crippen LogP contribution is -2.45. The molecule has 0 bridgehead atoms. The van der Waals surface area contributed by atoms with E-state index in [2.05, 4.69) is 15.3 Å². The third-order valence-electron chi connectivity index (χ3n) is 5.01. The average Bonchev–Trinajstić information content (AvgIpc) is 3.25. The fourth-order valence-corrected chi connectivity index (χ4v) is 3.67. The van der Waals surface area contributed by atoms with Crippen molar-refractivity contribution < 1.29 is 18.3 Å². The molecule has 1 aromatic heterocycles. The second-order valence-electron chi connectivity index (χ2n) is 8.25. The van der Waals surface area contributed by atoms with Gasteiger partial charge < -0.3 is 15.0 Å². The number of rotatable bonds is 3. The number of likely N-dealkylation sites (tertiary alicyclic amines) is 1. The van der Waals surface area contributed by atoms with E-state index in [9.17, 15) is 13.6 Å². The van der Waals surface area contributed by atoms with Gasteiger partial charge in [-0.1, -0.05) is 0 Å². The highest BCUT2D eigenvalue weighted by Gasteiger charge is 2.54. The van der Waals surface area contributed by atoms with Crippen molar-refractivity contribution in [3.8, 4) is 0 Å². The molecule has 1 N–H and O–H groups in total. The zero-order chi connectivity index (χ0) is 19.3. The van der Waals surface area contributed by atoms with Crippen molar-refractivity contribution in [1.82, 2.24) is 14.9 Å². The van der Waals surface area contributed by atoms with Gasteiger partial charge in [0.1, 0.15) is 11.4 Å². The first-order valence-electron chi connectivity index (χ1n) is 9.06. The molecule has 0 radical (unpaired) electrons. The number of nitrogens with one attached hydrogen (secondary N) is 1. The Morgan fingerprint density at radius 1 is 1.30 bits per heavy atom. The van der Waals surface area contributed by atoms with Crippen molar-refractivity contribution in [2.24, 2.45) is 11.8 Å². The molecule has 4 rings (SSSR count). The van der Waals surface area contributed by atoms with Crippen LogP contribution < -0.4 is 5.32 Å². The molecule has 8 heteroatoms. The van der Waals surface area contributed by atoms with Crippen LogP contribution in [-0.4, -0.2) is 45.7 Å². The third kappa shape index (κ3) is 3.65. The van der Waals surface area contributed by atoms with E-state index in [1.165, 1.54) is 6.20 Å². The SMILES string of the molecule is CC(C)(C)OC(=O)N1C[C@H]2CC2C1CNc1cnc2cc(F)c(F)cc2n1. The van der Waals surface area contributed by atoms with Crippen LogP contribution in [0.2, 0.25) is 0 Å². The summed E-state index contributed by atoms with van der Waals surface area (Å²) in [5.41, 5.74) is 0.0296. The fraction of sp³-hybridized carbons (Fsp3) is 0.526. The molecule has 1 saturated heterocycles. The molecule has 1 saturated carbocycles. The number of amides is 1. The highest BCUT2D eigenvalue weighted by molar-refractivity contribution is 5.75. The van der Waals surface area contributed by atoms with Gasteiger partial charge in [-0.05, 0) is 39.0 Å². The number of anilines is 1. The Hall–Kier alpha value is -2.51. The van der Waals surface area contributed by atoms with E-state index in [1.54, 1.807) is 4.90 Å². The largest absolute Gasteiger partial charge is 0.444 e. The Morgan fingerprint density at radius 3 is 2.70 bits per heavy atom. The normalized spacial score (nSPS) is 24.0. The molecule has 1 aromatic carbocycles. The summed E-state index contributed by atoms with van der Waals surface area (Å²) in [6.45, 7) is 6.76. The zero-order valence-electron chi connectivity index (χ0n) is 15.5. The summed E-state index contributed by atoms with van der Waals surface area (Å²) >= 11 is 0. The van der Waals surface area contributed by atoms with Gasteiger partial charge in [0.25, 0.3) is 0 Å². The Morgan fingerprint density at radius 2 is 2.00 bits per heavy atom. The van der Waals surface area contributed by atoms with Crippen LogP contribution in [0.4, 0.5) is 19.4 Å². The number of carbonyl (C=O) groups excluding carboxylic acids is 1. The number of piperidine rings is 1. The minimum Gasteiger partial charge on any atom is -0.444 e. The molecule has 27 heavy (non-hydrogen) atoms. The van der Waals surface area contributed by atoms with Crippen LogP contribution in [0, 0.1) is 23.5 Å². The topological polar surface area (TPSA) is 67.3 Å². The van der Waals surface area contributed by atoms with Crippen LogP contribution in [-0.2, 0) is 4.74 Å². The number of ether oxygens (including phenoxy) is 1. The highest BCUT2D eigenvalue weighted by Crippen LogP contribution is 2.49. The standard InChI is InChI=1S/C19H22F2N4O2/c1-19(2,3)27-18(26)25-9-10-4-11(10)16(25)7-23-17-8-22-14-5-12(20)13(21)6-15(14)24-17/h5-6,8,10-11,16H,4,7,9H2,1-3H3,(H,23,24)/t10-,11?,16?/m1/s1. The molecule has 6 nitrogen and oxygen atoms in total. The number of fused-ring (bicyclic) bond motifs is 2. The molecule has 2 fully saturated rings. The molecular formula is C19H22F2N4O2. The van der Waals surface area contributed by atoms with Gasteiger partial charge in [-0.2, -0.15) is 0 Å². The van der Waals surface area contributed by atoms with Crippen molar-refractivity contribution in [3.63, 3.8) is 0 Å². The smallest absolute Gasteiger partial charge is 0.410 e. The van der Waals surface area contributed by atoms with E-state index in [0.717, 1.165) is 18.6 Å². The van der Waals surface area contributed by atoms with Gasteiger partial charge in [0.05, 0.1) is 23.3 Å². The lowest BCUT2D eigenvalue weighted by molar-refractivity contribution is 0.0203. The van der Waals surface area contributed by atoms with E-state index >= 15 is 0 Å². The third-order valence-corrected chi connectivity index (χ3v) is 5.01. The van der Waals surface area contributed by atoms with Gasteiger partial charge >= 0.3 is 6.09 Å². The number of carbonyl (C=O) groups is 1. The minimum atomic E-state index is -0.957. The summed E-state index contributed by atoms with van der Waals surface area (Å²) < 4.78 is 32.2. The summed E-state index contributed by atoms with van der Waals surface area (Å²) in [4.78, 5) is 22.7. The van der Waals surface area contributed by atoms with E-state index in [4.69, 9.17) is 4.74 Å². The van der Waals surface area contributed by atoms with E-state index in [0.29, 0.717) is 30.7 Å². The Bertz CT molecular complexity index is 899. The molecule has 2 heterocycles. The maximum absolute atomic E-state index is 13.4. The zero-order valence-corrected chi connectivity index (χ0v) is 15.5. The summed E-state index contributed by atoms with van der Waals surface area (Å²) in [7, 11) is 0. The lowest BCUT2D eigenvalue weighted by atomic mass is 10.2. The number of nitrogens with zero attached hydrogens (tertiary/aromatic N) is 3. The van der Waals surface area contributed by atoms with Crippen molar-refractivity contribution in [2.75, 3.05) is 18.4 Å². The van der Waals surface area contributed by atoms with Crippen LogP contribution in [0.25, 0.3) is 11.0 Å². The quantitative estimate of drug-likeness (QED) is 0.887. The molecule has 2 aliphatic rings. The fourth-order valence-electron chi connectivity index (χ4n) is 3.67. The van der Waals surface area contributed by atoms with Crippen LogP contribution in [0.1, 0.15) is 27.2 Å². The number of halogens is 2. The monoisotopic (exact) mass is 376 g/mol. The molecule has 1 amide bonds. The summed E-state index contributed by atoms with van der Waals surface area (Å²) in [6, 6.07) is 2.08. The first kappa shape index (κ1) is 17.9. The number of hydrogen-bond donors (Lipinski definition) is 1. The lowest BCUT2D eigenvalue weighted by Gasteiger charge is -2.30. The predicted octanol–water partition coefficient (Wildman–Crippen LogP) is 3.58. The summed E-state index contributed by atoms with van der Waals surface area (Å²) in [5, 5.41) is 3.18. The maximum Gasteiger partial charge on any atom is 0.410 e. The van der Waals surface area contributed by atoms with Crippen molar-refractivity contribution in [2.45, 2.75) is 38.8 Å². The van der Waals surface area contributed by atoms with Gasteiger partial charge in [-0.15, -0.1) is 0 Å². The maximum atomic E-state index is 13.4. The van der Waals surface area contributed by atoms with Crippen LogP contribution in [0.15, 0.2) is 18.3 Å². The molecule has 2 aromatic rings. The van der Waals surface area contributed by atoms with E-state index < -0.39 is 17.2 Å². The van der Waals surface area contributed by atoms with Gasteiger partial charge in [-0.25, -0.2) is 18.6 Å². The number of aromatic nitrogens is 2. The molecule has 0 spiro atoms. The molecule has 2 unspecified atom stereocenters. The van der Waals surface area contributed by atoms with Crippen molar-refractivity contribution in [3.05, 3.63) is 30.0 Å². The van der Waals surface area contributed by atoms with Crippen LogP contribution in [0.5, 0.6) is 0 Å². The molecule has 3 atom stereocenters. The highest BCUT2D eigenvalue weighted by atomic mass is 19.2. The van der Waals surface area contributed by atoms with Crippen molar-refractivity contribution in [1.29, 1.82) is 0 Å². The first-order chi connectivity index (χ1) is 12.7. The van der Waals surface area contributed by atoms with E-state index in [1.807, 2.05) is 20.8 Å². The predicted molar refractivity (Wildman–Crippen MR) is 96.3 cm³/mol.